The monoisotopic (exact) mass is 423 g/mol. The van der Waals surface area contributed by atoms with Crippen LogP contribution < -0.4 is 4.90 Å². The predicted molar refractivity (Wildman–Crippen MR) is 116 cm³/mol. The molecule has 0 aliphatic carbocycles. The van der Waals surface area contributed by atoms with E-state index in [0.717, 1.165) is 40.9 Å². The van der Waals surface area contributed by atoms with Gasteiger partial charge in [-0.15, -0.1) is 11.3 Å². The Morgan fingerprint density at radius 2 is 1.77 bits per heavy atom. The highest BCUT2D eigenvalue weighted by Gasteiger charge is 2.17. The molecular weight excluding hydrogens is 398 g/mol. The molecule has 0 bridgehead atoms. The van der Waals surface area contributed by atoms with E-state index in [-0.39, 0.29) is 11.9 Å². The molecule has 1 fully saturated rings. The van der Waals surface area contributed by atoms with Crippen LogP contribution in [0, 0.1) is 6.92 Å². The minimum atomic E-state index is 0.154. The van der Waals surface area contributed by atoms with Gasteiger partial charge in [-0.05, 0) is 43.9 Å². The van der Waals surface area contributed by atoms with Crippen LogP contribution in [0.15, 0.2) is 47.8 Å². The molecule has 2 aromatic heterocycles. The second-order valence-electron chi connectivity index (χ2n) is 7.28. The summed E-state index contributed by atoms with van der Waals surface area (Å²) in [4.78, 5) is 36.3. The number of aryl methyl sites for hydroxylation is 1. The lowest BCUT2D eigenvalue weighted by Crippen LogP contribution is -2.29. The van der Waals surface area contributed by atoms with Crippen molar-refractivity contribution in [1.82, 2.24) is 9.55 Å². The second-order valence-corrected chi connectivity index (χ2v) is 8.12. The van der Waals surface area contributed by atoms with Crippen LogP contribution >= 0.6 is 11.3 Å². The van der Waals surface area contributed by atoms with Gasteiger partial charge >= 0.3 is 6.15 Å². The van der Waals surface area contributed by atoms with Crippen LogP contribution in [0.3, 0.4) is 0 Å². The van der Waals surface area contributed by atoms with Crippen LogP contribution in [0.5, 0.6) is 0 Å². The molecule has 3 aromatic rings. The fourth-order valence-corrected chi connectivity index (χ4v) is 4.53. The van der Waals surface area contributed by atoms with E-state index in [1.807, 2.05) is 42.5 Å². The van der Waals surface area contributed by atoms with Crippen molar-refractivity contribution in [3.63, 3.8) is 0 Å². The van der Waals surface area contributed by atoms with Crippen molar-refractivity contribution in [1.29, 1.82) is 0 Å². The Labute approximate surface area is 180 Å². The first-order valence-corrected chi connectivity index (χ1v) is 10.9. The van der Waals surface area contributed by atoms with Gasteiger partial charge in [-0.2, -0.15) is 9.59 Å². The lowest BCUT2D eigenvalue weighted by atomic mass is 10.1. The maximum atomic E-state index is 12.8. The zero-order valence-electron chi connectivity index (χ0n) is 17.0. The van der Waals surface area contributed by atoms with Gasteiger partial charge in [0.25, 0.3) is 0 Å². The number of hydrogen-bond acceptors (Lipinski definition) is 6. The normalized spacial score (nSPS) is 13.3. The average molecular weight is 424 g/mol. The van der Waals surface area contributed by atoms with Gasteiger partial charge < -0.3 is 9.47 Å². The molecule has 1 aliphatic heterocycles. The number of hydrogen-bond donors (Lipinski definition) is 0. The van der Waals surface area contributed by atoms with Crippen molar-refractivity contribution in [2.45, 2.75) is 39.2 Å². The van der Waals surface area contributed by atoms with E-state index in [2.05, 4.69) is 21.8 Å². The number of thiazole rings is 1. The molecule has 156 valence electrons. The number of carbonyl (C=O) groups is 1. The molecule has 1 aromatic carbocycles. The predicted octanol–water partition coefficient (Wildman–Crippen LogP) is 4.13. The summed E-state index contributed by atoms with van der Waals surface area (Å²) < 4.78 is 2.10. The van der Waals surface area contributed by atoms with Crippen molar-refractivity contribution in [2.75, 3.05) is 18.0 Å². The number of benzene rings is 1. The summed E-state index contributed by atoms with van der Waals surface area (Å²) in [6.07, 6.45) is 4.51. The molecule has 0 N–H and O–H groups in total. The Kier molecular flexibility index (Phi) is 7.71. The van der Waals surface area contributed by atoms with Crippen molar-refractivity contribution < 1.29 is 14.4 Å². The summed E-state index contributed by atoms with van der Waals surface area (Å²) in [7, 11) is 0. The van der Waals surface area contributed by atoms with Crippen LogP contribution in [0.25, 0.3) is 0 Å². The molecule has 6 nitrogen and oxygen atoms in total. The fourth-order valence-electron chi connectivity index (χ4n) is 3.66. The topological polar surface area (TPSA) is 72.3 Å². The number of aromatic nitrogens is 2. The van der Waals surface area contributed by atoms with E-state index < -0.39 is 0 Å². The molecule has 1 aliphatic rings. The summed E-state index contributed by atoms with van der Waals surface area (Å²) in [6, 6.07) is 13.9. The quantitative estimate of drug-likeness (QED) is 0.558. The van der Waals surface area contributed by atoms with Gasteiger partial charge in [-0.25, -0.2) is 4.98 Å². The van der Waals surface area contributed by atoms with Crippen LogP contribution in [-0.2, 0) is 22.6 Å². The Balaban J connectivity index is 0.000000806. The molecule has 0 radical (unpaired) electrons. The van der Waals surface area contributed by atoms with E-state index in [0.29, 0.717) is 13.0 Å². The van der Waals surface area contributed by atoms with E-state index in [9.17, 15) is 4.79 Å². The van der Waals surface area contributed by atoms with E-state index in [1.165, 1.54) is 19.3 Å². The minimum Gasteiger partial charge on any atom is -0.348 e. The number of nitrogens with zero attached hydrogens (tertiary/aromatic N) is 3. The third kappa shape index (κ3) is 5.53. The molecule has 0 saturated carbocycles. The minimum absolute atomic E-state index is 0.154. The van der Waals surface area contributed by atoms with Gasteiger partial charge in [-0.3, -0.25) is 4.79 Å². The van der Waals surface area contributed by atoms with Gasteiger partial charge in [0.05, 0.1) is 17.9 Å². The van der Waals surface area contributed by atoms with E-state index >= 15 is 0 Å². The first kappa shape index (κ1) is 21.7. The summed E-state index contributed by atoms with van der Waals surface area (Å²) in [6.45, 7) is 4.92. The summed E-state index contributed by atoms with van der Waals surface area (Å²) in [5.74, 6) is 0.154. The Morgan fingerprint density at radius 1 is 1.07 bits per heavy atom. The van der Waals surface area contributed by atoms with Gasteiger partial charge in [0.15, 0.2) is 10.9 Å². The van der Waals surface area contributed by atoms with Gasteiger partial charge in [-0.1, -0.05) is 30.3 Å². The van der Waals surface area contributed by atoms with Crippen molar-refractivity contribution in [3.05, 3.63) is 70.5 Å². The first-order valence-electron chi connectivity index (χ1n) is 10.0. The maximum Gasteiger partial charge on any atom is 0.373 e. The van der Waals surface area contributed by atoms with Crippen molar-refractivity contribution in [2.24, 2.45) is 0 Å². The van der Waals surface area contributed by atoms with Gasteiger partial charge in [0, 0.05) is 30.6 Å². The average Bonchev–Trinajstić information content (AvgIpc) is 3.38. The van der Waals surface area contributed by atoms with Crippen LogP contribution in [-0.4, -0.2) is 34.6 Å². The molecule has 0 amide bonds. The highest BCUT2D eigenvalue weighted by molar-refractivity contribution is 7.13. The lowest BCUT2D eigenvalue weighted by molar-refractivity contribution is -0.191. The zero-order valence-corrected chi connectivity index (χ0v) is 17.9. The zero-order chi connectivity index (χ0) is 21.3. The van der Waals surface area contributed by atoms with Gasteiger partial charge in [0.2, 0.25) is 0 Å². The van der Waals surface area contributed by atoms with Crippen LogP contribution in [0.1, 0.15) is 46.7 Å². The number of piperidine rings is 1. The van der Waals surface area contributed by atoms with E-state index in [1.54, 1.807) is 11.3 Å². The van der Waals surface area contributed by atoms with Crippen molar-refractivity contribution in [3.8, 4) is 0 Å². The third-order valence-corrected chi connectivity index (χ3v) is 6.13. The van der Waals surface area contributed by atoms with Crippen molar-refractivity contribution >= 4 is 28.4 Å². The summed E-state index contributed by atoms with van der Waals surface area (Å²) in [5.41, 5.74) is 3.95. The number of anilines is 1. The second kappa shape index (κ2) is 10.7. The Hall–Kier alpha value is -3.02. The smallest absolute Gasteiger partial charge is 0.348 e. The number of rotatable bonds is 6. The first-order chi connectivity index (χ1) is 14.6. The molecule has 4 rings (SSSR count). The largest absolute Gasteiger partial charge is 0.373 e. The summed E-state index contributed by atoms with van der Waals surface area (Å²) in [5, 5.41) is 3.25. The SMILES string of the molecule is Cc1ccc(C(=O)Cc2ccccc2)n1Cc1csc(N2CCCCC2)n1.O=C=O. The fraction of sp³-hybridized carbons (Fsp3) is 0.348. The highest BCUT2D eigenvalue weighted by atomic mass is 32.1. The Morgan fingerprint density at radius 3 is 2.47 bits per heavy atom. The molecule has 30 heavy (non-hydrogen) atoms. The van der Waals surface area contributed by atoms with Crippen LogP contribution in [0.4, 0.5) is 5.13 Å². The highest BCUT2D eigenvalue weighted by Crippen LogP contribution is 2.25. The molecule has 0 spiro atoms. The standard InChI is InChI=1S/C22H25N3OS.CO2/c1-17-10-11-20(21(26)14-18-8-4-2-5-9-18)25(17)15-19-16-27-22(23-19)24-12-6-3-7-13-24;2-1-3/h2,4-5,8-11,16H,3,6-7,12-15H2,1H3;. The number of Topliss-reactive ketones (excluding diaryl/α,β-unsaturated/α-hetero) is 1. The van der Waals surface area contributed by atoms with Gasteiger partial charge in [0.1, 0.15) is 0 Å². The third-order valence-electron chi connectivity index (χ3n) is 5.18. The molecule has 0 unspecified atom stereocenters. The van der Waals surface area contributed by atoms with Crippen LogP contribution in [0.2, 0.25) is 0 Å². The van der Waals surface area contributed by atoms with E-state index in [4.69, 9.17) is 14.6 Å². The maximum absolute atomic E-state index is 12.8. The number of carbonyl (C=O) groups excluding carboxylic acids is 3. The molecule has 0 atom stereocenters. The molecule has 1 saturated heterocycles. The Bertz CT molecular complexity index is 998. The molecule has 7 heteroatoms. The number of ketones is 1. The summed E-state index contributed by atoms with van der Waals surface area (Å²) >= 11 is 1.72. The molecule has 3 heterocycles. The molecular formula is C23H25N3O3S. The lowest BCUT2D eigenvalue weighted by Gasteiger charge is -2.25.